The van der Waals surface area contributed by atoms with E-state index in [0.717, 1.165) is 25.9 Å². The summed E-state index contributed by atoms with van der Waals surface area (Å²) in [6.45, 7) is 2.10. The highest BCUT2D eigenvalue weighted by atomic mass is 127. The van der Waals surface area contributed by atoms with Crippen molar-refractivity contribution in [2.24, 2.45) is 10.7 Å². The highest BCUT2D eigenvalue weighted by molar-refractivity contribution is 14.0. The van der Waals surface area contributed by atoms with Gasteiger partial charge < -0.3 is 16.4 Å². The third kappa shape index (κ3) is 6.76. The molecular weight excluding hydrogens is 450 g/mol. The van der Waals surface area contributed by atoms with Gasteiger partial charge in [0, 0.05) is 38.3 Å². The Hall–Kier alpha value is -1.93. The predicted molar refractivity (Wildman–Crippen MR) is 109 cm³/mol. The van der Waals surface area contributed by atoms with E-state index in [1.165, 1.54) is 18.2 Å². The molecule has 1 aliphatic rings. The Balaban J connectivity index is 0.00000338. The highest BCUT2D eigenvalue weighted by Crippen LogP contribution is 2.11. The molecule has 2 rings (SSSR count). The molecule has 1 aromatic rings. The van der Waals surface area contributed by atoms with Gasteiger partial charge in [0.1, 0.15) is 5.82 Å². The first kappa shape index (κ1) is 22.1. The number of aliphatic imine (C=N–C) groups is 1. The third-order valence-corrected chi connectivity index (χ3v) is 4.15. The molecule has 7 nitrogen and oxygen atoms in total. The van der Waals surface area contributed by atoms with Crippen LogP contribution in [-0.4, -0.2) is 49.5 Å². The Kier molecular flexibility index (Phi) is 9.29. The van der Waals surface area contributed by atoms with Crippen LogP contribution in [0.15, 0.2) is 23.2 Å². The van der Waals surface area contributed by atoms with Gasteiger partial charge in [0.25, 0.3) is 0 Å². The second kappa shape index (κ2) is 10.9. The Bertz CT molecular complexity index is 682. The quantitative estimate of drug-likeness (QED) is 0.335. The summed E-state index contributed by atoms with van der Waals surface area (Å²) in [7, 11) is 1.65. The summed E-state index contributed by atoms with van der Waals surface area (Å²) in [6, 6.07) is 6.50. The molecule has 1 fully saturated rings. The molecule has 9 heteroatoms. The van der Waals surface area contributed by atoms with Gasteiger partial charge in [-0.2, -0.15) is 5.26 Å². The van der Waals surface area contributed by atoms with Gasteiger partial charge in [-0.05, 0) is 31.0 Å². The zero-order valence-electron chi connectivity index (χ0n) is 14.7. The molecule has 0 saturated carbocycles. The number of benzene rings is 1. The molecule has 1 saturated heterocycles. The number of hydrogen-bond donors (Lipinski definition) is 3. The van der Waals surface area contributed by atoms with Crippen LogP contribution in [0.2, 0.25) is 0 Å². The summed E-state index contributed by atoms with van der Waals surface area (Å²) in [5, 5.41) is 15.3. The fourth-order valence-corrected chi connectivity index (χ4v) is 2.80. The first-order valence-electron chi connectivity index (χ1n) is 8.18. The van der Waals surface area contributed by atoms with Crippen LogP contribution in [-0.2, 0) is 11.3 Å². The molecule has 0 aromatic heterocycles. The van der Waals surface area contributed by atoms with Gasteiger partial charge in [0.05, 0.1) is 18.2 Å². The van der Waals surface area contributed by atoms with Crippen LogP contribution < -0.4 is 16.4 Å². The molecule has 1 aromatic carbocycles. The van der Waals surface area contributed by atoms with Gasteiger partial charge in [-0.15, -0.1) is 24.0 Å². The van der Waals surface area contributed by atoms with Crippen LogP contribution >= 0.6 is 24.0 Å². The van der Waals surface area contributed by atoms with Crippen LogP contribution in [0, 0.1) is 17.1 Å². The largest absolute Gasteiger partial charge is 0.369 e. The van der Waals surface area contributed by atoms with Crippen molar-refractivity contribution in [2.45, 2.75) is 25.4 Å². The SMILES string of the molecule is CN=C(NCc1cc(C#N)ccc1F)NC1CCN(CC(N)=O)CC1.I. The van der Waals surface area contributed by atoms with Crippen LogP contribution in [0.4, 0.5) is 4.39 Å². The van der Waals surface area contributed by atoms with E-state index in [0.29, 0.717) is 17.1 Å². The van der Waals surface area contributed by atoms with Crippen molar-refractivity contribution in [3.63, 3.8) is 0 Å². The monoisotopic (exact) mass is 474 g/mol. The van der Waals surface area contributed by atoms with Gasteiger partial charge in [0.2, 0.25) is 5.91 Å². The lowest BCUT2D eigenvalue weighted by Crippen LogP contribution is -2.49. The minimum Gasteiger partial charge on any atom is -0.369 e. The van der Waals surface area contributed by atoms with Crippen molar-refractivity contribution >= 4 is 35.8 Å². The number of primary amides is 1. The third-order valence-electron chi connectivity index (χ3n) is 4.15. The molecule has 0 spiro atoms. The number of likely N-dealkylation sites (tertiary alicyclic amines) is 1. The van der Waals surface area contributed by atoms with Crippen LogP contribution in [0.3, 0.4) is 0 Å². The number of nitrogens with two attached hydrogens (primary N) is 1. The van der Waals surface area contributed by atoms with Gasteiger partial charge in [-0.3, -0.25) is 14.7 Å². The Labute approximate surface area is 169 Å². The van der Waals surface area contributed by atoms with Crippen molar-refractivity contribution in [3.8, 4) is 6.07 Å². The minimum absolute atomic E-state index is 0. The molecule has 0 radical (unpaired) electrons. The lowest BCUT2D eigenvalue weighted by atomic mass is 10.1. The van der Waals surface area contributed by atoms with Gasteiger partial charge in [-0.25, -0.2) is 4.39 Å². The molecule has 4 N–H and O–H groups in total. The molecular formula is C17H24FIN6O. The van der Waals surface area contributed by atoms with E-state index in [2.05, 4.69) is 15.6 Å². The van der Waals surface area contributed by atoms with Crippen molar-refractivity contribution in [1.29, 1.82) is 5.26 Å². The van der Waals surface area contributed by atoms with Gasteiger partial charge in [-0.1, -0.05) is 0 Å². The number of guanidine groups is 1. The summed E-state index contributed by atoms with van der Waals surface area (Å²) < 4.78 is 13.8. The normalized spacial score (nSPS) is 15.7. The summed E-state index contributed by atoms with van der Waals surface area (Å²) in [6.07, 6.45) is 1.73. The maximum atomic E-state index is 13.8. The first-order chi connectivity index (χ1) is 12.0. The molecule has 142 valence electrons. The highest BCUT2D eigenvalue weighted by Gasteiger charge is 2.20. The average Bonchev–Trinajstić information content (AvgIpc) is 2.60. The number of carbonyl (C=O) groups is 1. The number of nitrogens with zero attached hydrogens (tertiary/aromatic N) is 3. The minimum atomic E-state index is -0.360. The lowest BCUT2D eigenvalue weighted by molar-refractivity contribution is -0.119. The summed E-state index contributed by atoms with van der Waals surface area (Å²) in [4.78, 5) is 17.1. The van der Waals surface area contributed by atoms with E-state index in [1.807, 2.05) is 11.0 Å². The van der Waals surface area contributed by atoms with Gasteiger partial charge in [0.15, 0.2) is 5.96 Å². The fourth-order valence-electron chi connectivity index (χ4n) is 2.80. The summed E-state index contributed by atoms with van der Waals surface area (Å²) in [5.41, 5.74) is 6.05. The van der Waals surface area contributed by atoms with Gasteiger partial charge >= 0.3 is 0 Å². The number of halogens is 2. The molecule has 1 heterocycles. The Morgan fingerprint density at radius 2 is 2.15 bits per heavy atom. The number of amides is 1. The second-order valence-electron chi connectivity index (χ2n) is 6.00. The Morgan fingerprint density at radius 3 is 2.73 bits per heavy atom. The topological polar surface area (TPSA) is 107 Å². The van der Waals surface area contributed by atoms with Crippen LogP contribution in [0.25, 0.3) is 0 Å². The van der Waals surface area contributed by atoms with E-state index in [-0.39, 0.29) is 54.8 Å². The smallest absolute Gasteiger partial charge is 0.231 e. The van der Waals surface area contributed by atoms with E-state index in [9.17, 15) is 9.18 Å². The Morgan fingerprint density at radius 1 is 1.46 bits per heavy atom. The number of piperidine rings is 1. The van der Waals surface area contributed by atoms with Crippen LogP contribution in [0.1, 0.15) is 24.0 Å². The predicted octanol–water partition coefficient (Wildman–Crippen LogP) is 0.930. The first-order valence-corrected chi connectivity index (χ1v) is 8.18. The van der Waals surface area contributed by atoms with E-state index < -0.39 is 0 Å². The molecule has 0 bridgehead atoms. The zero-order valence-corrected chi connectivity index (χ0v) is 17.0. The van der Waals surface area contributed by atoms with Crippen LogP contribution in [0.5, 0.6) is 0 Å². The summed E-state index contributed by atoms with van der Waals surface area (Å²) >= 11 is 0. The molecule has 1 amide bonds. The lowest BCUT2D eigenvalue weighted by Gasteiger charge is -2.32. The zero-order chi connectivity index (χ0) is 18.2. The van der Waals surface area contributed by atoms with Crippen molar-refractivity contribution in [2.75, 3.05) is 26.7 Å². The molecule has 0 atom stereocenters. The van der Waals surface area contributed by atoms with Crippen molar-refractivity contribution in [1.82, 2.24) is 15.5 Å². The molecule has 26 heavy (non-hydrogen) atoms. The number of carbonyl (C=O) groups excluding carboxylic acids is 1. The molecule has 1 aliphatic heterocycles. The van der Waals surface area contributed by atoms with Crippen molar-refractivity contribution in [3.05, 3.63) is 35.1 Å². The number of rotatable bonds is 5. The second-order valence-corrected chi connectivity index (χ2v) is 6.00. The number of nitriles is 1. The van der Waals surface area contributed by atoms with E-state index in [1.54, 1.807) is 7.05 Å². The molecule has 0 unspecified atom stereocenters. The number of nitrogens with one attached hydrogen (secondary N) is 2. The number of hydrogen-bond acceptors (Lipinski definition) is 4. The summed E-state index contributed by atoms with van der Waals surface area (Å²) in [5.74, 6) is -0.0951. The fraction of sp³-hybridized carbons (Fsp3) is 0.471. The standard InChI is InChI=1S/C17H23FN6O.HI/c1-21-17(22-10-13-8-12(9-19)2-3-15(13)18)23-14-4-6-24(7-5-14)11-16(20)25;/h2-3,8,14H,4-7,10-11H2,1H3,(H2,20,25)(H2,21,22,23);1H. The van der Waals surface area contributed by atoms with E-state index in [4.69, 9.17) is 11.0 Å². The van der Waals surface area contributed by atoms with E-state index >= 15 is 0 Å². The van der Waals surface area contributed by atoms with Crippen molar-refractivity contribution < 1.29 is 9.18 Å². The maximum Gasteiger partial charge on any atom is 0.231 e. The molecule has 0 aliphatic carbocycles. The maximum absolute atomic E-state index is 13.8. The average molecular weight is 474 g/mol.